The molecule has 2 aromatic rings. The van der Waals surface area contributed by atoms with Gasteiger partial charge in [0.2, 0.25) is 0 Å². The summed E-state index contributed by atoms with van der Waals surface area (Å²) >= 11 is 0. The molecule has 0 fully saturated rings. The van der Waals surface area contributed by atoms with Crippen LogP contribution < -0.4 is 10.1 Å². The van der Waals surface area contributed by atoms with Crippen LogP contribution in [0.25, 0.3) is 6.08 Å². The van der Waals surface area contributed by atoms with E-state index in [-0.39, 0.29) is 17.1 Å². The van der Waals surface area contributed by atoms with E-state index in [0.717, 1.165) is 6.08 Å². The maximum absolute atomic E-state index is 12.2. The van der Waals surface area contributed by atoms with Crippen molar-refractivity contribution >= 4 is 29.3 Å². The van der Waals surface area contributed by atoms with Crippen molar-refractivity contribution in [1.29, 1.82) is 5.26 Å². The molecule has 1 atom stereocenters. The van der Waals surface area contributed by atoms with E-state index >= 15 is 0 Å². The zero-order valence-corrected chi connectivity index (χ0v) is 15.6. The van der Waals surface area contributed by atoms with Crippen molar-refractivity contribution < 1.29 is 24.0 Å². The maximum Gasteiger partial charge on any atom is 0.331 e. The number of methoxy groups -OCH3 is 1. The number of hydrogen-bond acceptors (Lipinski definition) is 7. The number of hydrogen-bond donors (Lipinski definition) is 1. The zero-order chi connectivity index (χ0) is 21.4. The first-order chi connectivity index (χ1) is 13.8. The molecule has 0 heterocycles. The topological polar surface area (TPSA) is 132 Å². The Bertz CT molecular complexity index is 992. The molecule has 0 aliphatic heterocycles. The Morgan fingerprint density at radius 1 is 1.24 bits per heavy atom. The van der Waals surface area contributed by atoms with E-state index in [1.54, 1.807) is 24.3 Å². The summed E-state index contributed by atoms with van der Waals surface area (Å²) in [7, 11) is 1.37. The van der Waals surface area contributed by atoms with E-state index in [9.17, 15) is 19.7 Å². The number of carbonyl (C=O) groups excluding carboxylic acids is 2. The molecule has 0 spiro atoms. The molecule has 0 bridgehead atoms. The molecule has 0 unspecified atom stereocenters. The Labute approximate surface area is 166 Å². The number of nitro groups is 1. The first kappa shape index (κ1) is 21.1. The number of benzene rings is 2. The third-order valence-corrected chi connectivity index (χ3v) is 3.77. The van der Waals surface area contributed by atoms with Crippen LogP contribution in [0, 0.1) is 21.4 Å². The minimum absolute atomic E-state index is 0.0446. The third-order valence-electron chi connectivity index (χ3n) is 3.77. The number of rotatable bonds is 7. The van der Waals surface area contributed by atoms with E-state index in [0.29, 0.717) is 11.1 Å². The number of anilines is 1. The zero-order valence-electron chi connectivity index (χ0n) is 15.6. The number of nitriles is 1. The number of ether oxygens (including phenoxy) is 2. The molecule has 2 aromatic carbocycles. The Morgan fingerprint density at radius 3 is 2.52 bits per heavy atom. The summed E-state index contributed by atoms with van der Waals surface area (Å²) in [6, 6.07) is 12.5. The average molecular weight is 395 g/mol. The van der Waals surface area contributed by atoms with E-state index in [4.69, 9.17) is 14.7 Å². The molecule has 0 aliphatic rings. The fourth-order valence-corrected chi connectivity index (χ4v) is 2.23. The van der Waals surface area contributed by atoms with Gasteiger partial charge in [0.25, 0.3) is 11.6 Å². The molecular formula is C20H17N3O6. The van der Waals surface area contributed by atoms with Crippen molar-refractivity contribution in [2.75, 3.05) is 12.4 Å². The van der Waals surface area contributed by atoms with Crippen molar-refractivity contribution in [1.82, 2.24) is 0 Å². The highest BCUT2D eigenvalue weighted by Crippen LogP contribution is 2.29. The van der Waals surface area contributed by atoms with E-state index in [1.807, 2.05) is 6.07 Å². The van der Waals surface area contributed by atoms with Crippen LogP contribution in [0.2, 0.25) is 0 Å². The third kappa shape index (κ3) is 5.90. The largest absolute Gasteiger partial charge is 0.496 e. The first-order valence-electron chi connectivity index (χ1n) is 8.36. The lowest BCUT2D eigenvalue weighted by molar-refractivity contribution is -0.384. The monoisotopic (exact) mass is 395 g/mol. The molecular weight excluding hydrogens is 378 g/mol. The molecule has 1 N–H and O–H groups in total. The fourth-order valence-electron chi connectivity index (χ4n) is 2.23. The molecule has 2 rings (SSSR count). The molecule has 9 nitrogen and oxygen atoms in total. The highest BCUT2D eigenvalue weighted by atomic mass is 16.6. The summed E-state index contributed by atoms with van der Waals surface area (Å²) in [5.41, 5.74) is 0.767. The molecule has 0 saturated heterocycles. The lowest BCUT2D eigenvalue weighted by Gasteiger charge is -2.13. The minimum atomic E-state index is -1.19. The summed E-state index contributed by atoms with van der Waals surface area (Å²) < 4.78 is 9.94. The van der Waals surface area contributed by atoms with Gasteiger partial charge >= 0.3 is 5.97 Å². The van der Waals surface area contributed by atoms with Crippen LogP contribution in [0.3, 0.4) is 0 Å². The van der Waals surface area contributed by atoms with Crippen LogP contribution in [0.4, 0.5) is 11.4 Å². The predicted octanol–water partition coefficient (Wildman–Crippen LogP) is 3.06. The van der Waals surface area contributed by atoms with Gasteiger partial charge in [0.15, 0.2) is 6.10 Å². The second-order valence-electron chi connectivity index (χ2n) is 5.78. The Balaban J connectivity index is 1.99. The molecule has 0 aromatic heterocycles. The normalized spacial score (nSPS) is 11.3. The molecule has 0 saturated carbocycles. The second-order valence-corrected chi connectivity index (χ2v) is 5.78. The molecule has 0 radical (unpaired) electrons. The predicted molar refractivity (Wildman–Crippen MR) is 104 cm³/mol. The van der Waals surface area contributed by atoms with Gasteiger partial charge in [0.1, 0.15) is 11.4 Å². The van der Waals surface area contributed by atoms with Crippen LogP contribution in [-0.2, 0) is 14.3 Å². The number of nitrogens with one attached hydrogen (secondary N) is 1. The number of nitro benzene ring substituents is 1. The summed E-state index contributed by atoms with van der Waals surface area (Å²) in [6.07, 6.45) is 1.43. The van der Waals surface area contributed by atoms with Gasteiger partial charge in [-0.1, -0.05) is 12.1 Å². The number of nitrogens with zero attached hydrogens (tertiary/aromatic N) is 2. The van der Waals surface area contributed by atoms with Crippen molar-refractivity contribution in [3.05, 3.63) is 69.8 Å². The van der Waals surface area contributed by atoms with E-state index < -0.39 is 22.9 Å². The van der Waals surface area contributed by atoms with Crippen LogP contribution in [0.5, 0.6) is 5.75 Å². The molecule has 148 valence electrons. The minimum Gasteiger partial charge on any atom is -0.496 e. The van der Waals surface area contributed by atoms with Gasteiger partial charge in [-0.2, -0.15) is 5.26 Å². The average Bonchev–Trinajstić information content (AvgIpc) is 2.72. The van der Waals surface area contributed by atoms with Crippen molar-refractivity contribution in [3.63, 3.8) is 0 Å². The van der Waals surface area contributed by atoms with Crippen molar-refractivity contribution in [2.24, 2.45) is 0 Å². The van der Waals surface area contributed by atoms with Crippen LogP contribution in [0.1, 0.15) is 18.1 Å². The highest BCUT2D eigenvalue weighted by molar-refractivity contribution is 5.98. The number of amides is 1. The molecule has 1 amide bonds. The quantitative estimate of drug-likeness (QED) is 0.330. The van der Waals surface area contributed by atoms with Gasteiger partial charge < -0.3 is 14.8 Å². The van der Waals surface area contributed by atoms with Gasteiger partial charge in [-0.3, -0.25) is 14.9 Å². The van der Waals surface area contributed by atoms with E-state index in [1.165, 1.54) is 38.3 Å². The van der Waals surface area contributed by atoms with Gasteiger partial charge in [0, 0.05) is 6.08 Å². The smallest absolute Gasteiger partial charge is 0.331 e. The van der Waals surface area contributed by atoms with Gasteiger partial charge in [-0.25, -0.2) is 4.79 Å². The van der Waals surface area contributed by atoms with Crippen LogP contribution in [0.15, 0.2) is 48.5 Å². The summed E-state index contributed by atoms with van der Waals surface area (Å²) in [4.78, 5) is 34.6. The van der Waals surface area contributed by atoms with Crippen LogP contribution >= 0.6 is 0 Å². The fraction of sp³-hybridized carbons (Fsp3) is 0.150. The Morgan fingerprint density at radius 2 is 1.93 bits per heavy atom. The summed E-state index contributed by atoms with van der Waals surface area (Å²) in [5, 5.41) is 22.3. The molecule has 0 aliphatic carbocycles. The summed E-state index contributed by atoms with van der Waals surface area (Å²) in [6.45, 7) is 1.35. The van der Waals surface area contributed by atoms with Gasteiger partial charge in [-0.15, -0.1) is 0 Å². The Kier molecular flexibility index (Phi) is 7.03. The lowest BCUT2D eigenvalue weighted by atomic mass is 10.1. The van der Waals surface area contributed by atoms with E-state index in [2.05, 4.69) is 5.32 Å². The van der Waals surface area contributed by atoms with Crippen molar-refractivity contribution in [3.8, 4) is 11.8 Å². The summed E-state index contributed by atoms with van der Waals surface area (Å²) in [5.74, 6) is -1.22. The standard InChI is InChI=1S/C20H17N3O6/c1-13(29-19(24)10-7-14-3-5-15(12-21)6-4-14)20(25)22-17-9-8-16(28-2)11-18(17)23(26)27/h3-11,13H,1-2H3,(H,22,25)/b10-7+/t13-/m1/s1. The first-order valence-corrected chi connectivity index (χ1v) is 8.36. The SMILES string of the molecule is COc1ccc(NC(=O)[C@@H](C)OC(=O)/C=C/c2ccc(C#N)cc2)c([N+](=O)[O-])c1. The lowest BCUT2D eigenvalue weighted by Crippen LogP contribution is -2.29. The van der Waals surface area contributed by atoms with Gasteiger partial charge in [0.05, 0.1) is 29.7 Å². The van der Waals surface area contributed by atoms with Crippen molar-refractivity contribution in [2.45, 2.75) is 13.0 Å². The van der Waals surface area contributed by atoms with Crippen LogP contribution in [-0.4, -0.2) is 30.0 Å². The molecule has 9 heteroatoms. The molecule has 29 heavy (non-hydrogen) atoms. The second kappa shape index (κ2) is 9.66. The number of carbonyl (C=O) groups is 2. The Hall–Kier alpha value is -4.19. The number of esters is 1. The maximum atomic E-state index is 12.2. The van der Waals surface area contributed by atoms with Gasteiger partial charge in [-0.05, 0) is 42.8 Å². The highest BCUT2D eigenvalue weighted by Gasteiger charge is 2.22.